The Morgan fingerprint density at radius 2 is 2.47 bits per heavy atom. The summed E-state index contributed by atoms with van der Waals surface area (Å²) in [4.78, 5) is 4.66. The van der Waals surface area contributed by atoms with Crippen LogP contribution in [0.1, 0.15) is 56.0 Å². The van der Waals surface area contributed by atoms with Crippen LogP contribution in [0.2, 0.25) is 0 Å². The van der Waals surface area contributed by atoms with Crippen LogP contribution in [0.25, 0.3) is 0 Å². The van der Waals surface area contributed by atoms with Gasteiger partial charge in [-0.15, -0.1) is 0 Å². The molecule has 0 aromatic carbocycles. The predicted octanol–water partition coefficient (Wildman–Crippen LogP) is 2.63. The highest BCUT2D eigenvalue weighted by atomic mass is 32.2. The topological polar surface area (TPSA) is 51.0 Å². The maximum atomic E-state index is 5.52. The van der Waals surface area contributed by atoms with Crippen LogP contribution in [0, 0.1) is 0 Å². The summed E-state index contributed by atoms with van der Waals surface area (Å²) in [6.45, 7) is 3.25. The van der Waals surface area contributed by atoms with E-state index in [4.69, 9.17) is 4.52 Å². The lowest BCUT2D eigenvalue weighted by Gasteiger charge is -2.22. The van der Waals surface area contributed by atoms with E-state index in [9.17, 15) is 0 Å². The first-order valence-electron chi connectivity index (χ1n) is 6.55. The van der Waals surface area contributed by atoms with Crippen LogP contribution in [0.4, 0.5) is 0 Å². The molecule has 2 aliphatic heterocycles. The summed E-state index contributed by atoms with van der Waals surface area (Å²) >= 11 is 1.95. The van der Waals surface area contributed by atoms with Gasteiger partial charge in [-0.2, -0.15) is 16.7 Å². The summed E-state index contributed by atoms with van der Waals surface area (Å²) in [7, 11) is 0. The lowest BCUT2D eigenvalue weighted by Crippen LogP contribution is -2.36. The van der Waals surface area contributed by atoms with Crippen molar-refractivity contribution in [1.29, 1.82) is 0 Å². The molecule has 4 nitrogen and oxygen atoms in total. The van der Waals surface area contributed by atoms with E-state index in [1.807, 2.05) is 11.8 Å². The van der Waals surface area contributed by atoms with Crippen LogP contribution < -0.4 is 5.32 Å². The molecule has 2 saturated heterocycles. The molecule has 2 atom stereocenters. The summed E-state index contributed by atoms with van der Waals surface area (Å²) in [6.07, 6.45) is 5.80. The van der Waals surface area contributed by atoms with Crippen LogP contribution in [0.15, 0.2) is 4.52 Å². The zero-order valence-electron chi connectivity index (χ0n) is 10.2. The van der Waals surface area contributed by atoms with Gasteiger partial charge in [0.05, 0.1) is 10.8 Å². The standard InChI is InChI=1S/C12H19N3OS/c1-2-12(6-4-7-13-12)11-14-10(15-16-11)9-5-3-8-17-9/h9,13H,2-8H2,1H3. The third kappa shape index (κ3) is 1.99. The lowest BCUT2D eigenvalue weighted by atomic mass is 9.94. The lowest BCUT2D eigenvalue weighted by molar-refractivity contribution is 0.249. The molecule has 0 bridgehead atoms. The number of nitrogens with one attached hydrogen (secondary N) is 1. The maximum absolute atomic E-state index is 5.52. The minimum atomic E-state index is -0.0471. The number of thioether (sulfide) groups is 1. The van der Waals surface area contributed by atoms with Crippen LogP contribution in [0.3, 0.4) is 0 Å². The molecule has 3 heterocycles. The highest BCUT2D eigenvalue weighted by Crippen LogP contribution is 2.40. The summed E-state index contributed by atoms with van der Waals surface area (Å²) in [5, 5.41) is 8.19. The number of nitrogens with zero attached hydrogens (tertiary/aromatic N) is 2. The Labute approximate surface area is 106 Å². The van der Waals surface area contributed by atoms with Gasteiger partial charge in [0.2, 0.25) is 5.89 Å². The molecule has 5 heteroatoms. The number of aromatic nitrogens is 2. The van der Waals surface area contributed by atoms with Gasteiger partial charge in [-0.25, -0.2) is 0 Å². The smallest absolute Gasteiger partial charge is 0.246 e. The van der Waals surface area contributed by atoms with Gasteiger partial charge in [0.15, 0.2) is 5.82 Å². The molecule has 2 aliphatic rings. The van der Waals surface area contributed by atoms with E-state index < -0.39 is 0 Å². The predicted molar refractivity (Wildman–Crippen MR) is 67.9 cm³/mol. The molecular weight excluding hydrogens is 234 g/mol. The van der Waals surface area contributed by atoms with Gasteiger partial charge in [0.1, 0.15) is 0 Å². The third-order valence-electron chi connectivity index (χ3n) is 3.92. The summed E-state index contributed by atoms with van der Waals surface area (Å²) in [5.41, 5.74) is -0.0471. The van der Waals surface area contributed by atoms with Crippen molar-refractivity contribution in [1.82, 2.24) is 15.5 Å². The third-order valence-corrected chi connectivity index (χ3v) is 5.29. The van der Waals surface area contributed by atoms with Crippen molar-refractivity contribution in [2.24, 2.45) is 0 Å². The van der Waals surface area contributed by atoms with E-state index in [2.05, 4.69) is 22.4 Å². The molecular formula is C12H19N3OS. The first-order chi connectivity index (χ1) is 8.34. The molecule has 94 valence electrons. The largest absolute Gasteiger partial charge is 0.337 e. The van der Waals surface area contributed by atoms with E-state index in [1.165, 1.54) is 25.0 Å². The zero-order valence-corrected chi connectivity index (χ0v) is 11.1. The second kappa shape index (κ2) is 4.61. The Kier molecular flexibility index (Phi) is 3.13. The van der Waals surface area contributed by atoms with Crippen LogP contribution in [0.5, 0.6) is 0 Å². The van der Waals surface area contributed by atoms with Crippen molar-refractivity contribution in [3.05, 3.63) is 11.7 Å². The van der Waals surface area contributed by atoms with E-state index in [0.29, 0.717) is 5.25 Å². The molecule has 17 heavy (non-hydrogen) atoms. The molecule has 0 spiro atoms. The number of hydrogen-bond donors (Lipinski definition) is 1. The fourth-order valence-corrected chi connectivity index (χ4v) is 3.98. The summed E-state index contributed by atoms with van der Waals surface area (Å²) in [6, 6.07) is 0. The molecule has 2 fully saturated rings. The number of hydrogen-bond acceptors (Lipinski definition) is 5. The molecule has 0 amide bonds. The van der Waals surface area contributed by atoms with Gasteiger partial charge in [-0.05, 0) is 44.4 Å². The Hall–Kier alpha value is -0.550. The SMILES string of the molecule is CCC1(c2nc(C3CCCS3)no2)CCCN1. The second-order valence-electron chi connectivity index (χ2n) is 4.93. The van der Waals surface area contributed by atoms with Gasteiger partial charge < -0.3 is 9.84 Å². The normalized spacial score (nSPS) is 33.4. The zero-order chi connectivity index (χ0) is 11.7. The van der Waals surface area contributed by atoms with Crippen LogP contribution in [-0.2, 0) is 5.54 Å². The van der Waals surface area contributed by atoms with Crippen molar-refractivity contribution >= 4 is 11.8 Å². The minimum absolute atomic E-state index is 0.0471. The van der Waals surface area contributed by atoms with E-state index in [-0.39, 0.29) is 5.54 Å². The first kappa shape index (κ1) is 11.5. The first-order valence-corrected chi connectivity index (χ1v) is 7.60. The van der Waals surface area contributed by atoms with Gasteiger partial charge >= 0.3 is 0 Å². The van der Waals surface area contributed by atoms with E-state index in [1.54, 1.807) is 0 Å². The van der Waals surface area contributed by atoms with Crippen molar-refractivity contribution < 1.29 is 4.52 Å². The molecule has 1 aromatic rings. The molecule has 0 aliphatic carbocycles. The number of rotatable bonds is 3. The average Bonchev–Trinajstić information content (AvgIpc) is 3.10. The molecule has 0 radical (unpaired) electrons. The Morgan fingerprint density at radius 3 is 3.12 bits per heavy atom. The van der Waals surface area contributed by atoms with Crippen LogP contribution >= 0.6 is 11.8 Å². The van der Waals surface area contributed by atoms with Gasteiger partial charge in [-0.3, -0.25) is 0 Å². The molecule has 2 unspecified atom stereocenters. The fraction of sp³-hybridized carbons (Fsp3) is 0.833. The summed E-state index contributed by atoms with van der Waals surface area (Å²) in [5.74, 6) is 2.94. The van der Waals surface area contributed by atoms with E-state index in [0.717, 1.165) is 31.1 Å². The van der Waals surface area contributed by atoms with Gasteiger partial charge in [-0.1, -0.05) is 12.1 Å². The fourth-order valence-electron chi connectivity index (χ4n) is 2.78. The Bertz CT molecular complexity index is 381. The second-order valence-corrected chi connectivity index (χ2v) is 6.24. The Morgan fingerprint density at radius 1 is 1.53 bits per heavy atom. The molecule has 3 rings (SSSR count). The quantitative estimate of drug-likeness (QED) is 0.897. The monoisotopic (exact) mass is 253 g/mol. The van der Waals surface area contributed by atoms with E-state index >= 15 is 0 Å². The van der Waals surface area contributed by atoms with Crippen molar-refractivity contribution in [3.63, 3.8) is 0 Å². The van der Waals surface area contributed by atoms with Gasteiger partial charge in [0, 0.05) is 0 Å². The average molecular weight is 253 g/mol. The highest BCUT2D eigenvalue weighted by Gasteiger charge is 2.39. The maximum Gasteiger partial charge on any atom is 0.246 e. The molecule has 1 aromatic heterocycles. The summed E-state index contributed by atoms with van der Waals surface area (Å²) < 4.78 is 5.52. The minimum Gasteiger partial charge on any atom is -0.337 e. The van der Waals surface area contributed by atoms with Crippen molar-refractivity contribution in [2.45, 2.75) is 49.8 Å². The Balaban J connectivity index is 1.83. The highest BCUT2D eigenvalue weighted by molar-refractivity contribution is 7.99. The molecule has 0 saturated carbocycles. The molecule has 1 N–H and O–H groups in total. The van der Waals surface area contributed by atoms with Crippen LogP contribution in [-0.4, -0.2) is 22.4 Å². The van der Waals surface area contributed by atoms with Gasteiger partial charge in [0.25, 0.3) is 0 Å². The van der Waals surface area contributed by atoms with Crippen molar-refractivity contribution in [3.8, 4) is 0 Å². The van der Waals surface area contributed by atoms with Crippen molar-refractivity contribution in [2.75, 3.05) is 12.3 Å².